The summed E-state index contributed by atoms with van der Waals surface area (Å²) in [4.78, 5) is 23.4. The zero-order chi connectivity index (χ0) is 15.6. The molecule has 8 nitrogen and oxygen atoms in total. The number of fused-ring (bicyclic) bond motifs is 1. The molecule has 0 saturated carbocycles. The van der Waals surface area contributed by atoms with E-state index in [1.165, 1.54) is 17.3 Å². The van der Waals surface area contributed by atoms with Crippen molar-refractivity contribution in [2.24, 2.45) is 0 Å². The number of rotatable bonds is 4. The van der Waals surface area contributed by atoms with Gasteiger partial charge in [-0.15, -0.1) is 0 Å². The smallest absolute Gasteiger partial charge is 0.246 e. The molecule has 3 heterocycles. The summed E-state index contributed by atoms with van der Waals surface area (Å²) in [5, 5.41) is 6.72. The Morgan fingerprint density at radius 2 is 2.30 bits per heavy atom. The molecule has 0 radical (unpaired) electrons. The lowest BCUT2D eigenvalue weighted by Gasteiger charge is -2.04. The molecular weight excluding hydrogens is 296 g/mol. The fraction of sp³-hybridized carbons (Fsp3) is 0.0667. The average molecular weight is 308 g/mol. The second kappa shape index (κ2) is 5.41. The van der Waals surface area contributed by atoms with Gasteiger partial charge < -0.3 is 14.7 Å². The quantitative estimate of drug-likeness (QED) is 0.601. The summed E-state index contributed by atoms with van der Waals surface area (Å²) in [7, 11) is 0. The number of aromatic nitrogens is 5. The molecule has 0 saturated heterocycles. The third kappa shape index (κ3) is 2.69. The van der Waals surface area contributed by atoms with E-state index in [2.05, 4.69) is 25.4 Å². The molecule has 0 aliphatic rings. The van der Waals surface area contributed by atoms with Crippen LogP contribution in [0.4, 0.5) is 5.69 Å². The fourth-order valence-corrected chi connectivity index (χ4v) is 2.28. The Morgan fingerprint density at radius 1 is 1.35 bits per heavy atom. The number of benzene rings is 1. The van der Waals surface area contributed by atoms with Crippen molar-refractivity contribution >= 4 is 22.6 Å². The molecule has 1 aromatic carbocycles. The van der Waals surface area contributed by atoms with Crippen LogP contribution in [0.1, 0.15) is 0 Å². The zero-order valence-electron chi connectivity index (χ0n) is 11.9. The number of aromatic amines is 1. The summed E-state index contributed by atoms with van der Waals surface area (Å²) >= 11 is 0. The monoisotopic (exact) mass is 308 g/mol. The van der Waals surface area contributed by atoms with Crippen LogP contribution in [0.5, 0.6) is 0 Å². The Hall–Kier alpha value is -3.42. The van der Waals surface area contributed by atoms with Crippen LogP contribution in [0.2, 0.25) is 0 Å². The minimum atomic E-state index is -0.180. The van der Waals surface area contributed by atoms with E-state index >= 15 is 0 Å². The Labute approximate surface area is 130 Å². The maximum Gasteiger partial charge on any atom is 0.246 e. The number of anilines is 1. The van der Waals surface area contributed by atoms with Crippen LogP contribution in [0.15, 0.2) is 53.7 Å². The van der Waals surface area contributed by atoms with Crippen LogP contribution < -0.4 is 5.32 Å². The predicted molar refractivity (Wildman–Crippen MR) is 82.4 cm³/mol. The highest BCUT2D eigenvalue weighted by Crippen LogP contribution is 2.23. The number of H-pyrrole nitrogens is 1. The number of imidazole rings is 1. The van der Waals surface area contributed by atoms with Crippen LogP contribution in [0, 0.1) is 0 Å². The van der Waals surface area contributed by atoms with E-state index < -0.39 is 0 Å². The third-order valence-electron chi connectivity index (χ3n) is 3.29. The van der Waals surface area contributed by atoms with Gasteiger partial charge in [-0.2, -0.15) is 5.10 Å². The first-order chi connectivity index (χ1) is 11.3. The zero-order valence-corrected chi connectivity index (χ0v) is 11.9. The van der Waals surface area contributed by atoms with E-state index in [9.17, 15) is 4.79 Å². The van der Waals surface area contributed by atoms with Gasteiger partial charge in [-0.05, 0) is 30.3 Å². The van der Waals surface area contributed by atoms with Crippen molar-refractivity contribution in [2.45, 2.75) is 6.54 Å². The first-order valence-corrected chi connectivity index (χ1v) is 6.94. The minimum Gasteiger partial charge on any atom is -0.461 e. The molecule has 0 unspecified atom stereocenters. The van der Waals surface area contributed by atoms with E-state index in [1.54, 1.807) is 18.4 Å². The number of nitrogens with zero attached hydrogens (tertiary/aromatic N) is 4. The number of carbonyl (C=O) groups excluding carboxylic acids is 1. The molecular formula is C15H12N6O2. The molecule has 0 atom stereocenters. The summed E-state index contributed by atoms with van der Waals surface area (Å²) in [6.07, 6.45) is 4.48. The van der Waals surface area contributed by atoms with Crippen LogP contribution in [0.25, 0.3) is 22.6 Å². The van der Waals surface area contributed by atoms with E-state index in [0.717, 1.165) is 11.0 Å². The van der Waals surface area contributed by atoms with Crippen molar-refractivity contribution in [2.75, 3.05) is 5.32 Å². The molecule has 23 heavy (non-hydrogen) atoms. The van der Waals surface area contributed by atoms with Gasteiger partial charge in [-0.3, -0.25) is 4.79 Å². The number of hydrogen-bond donors (Lipinski definition) is 2. The summed E-state index contributed by atoms with van der Waals surface area (Å²) in [5.41, 5.74) is 2.29. The number of amides is 1. The first kappa shape index (κ1) is 13.3. The Bertz CT molecular complexity index is 940. The van der Waals surface area contributed by atoms with Crippen LogP contribution in [0.3, 0.4) is 0 Å². The molecule has 0 aliphatic carbocycles. The second-order valence-corrected chi connectivity index (χ2v) is 4.94. The summed E-state index contributed by atoms with van der Waals surface area (Å²) in [5.74, 6) is 1.13. The average Bonchev–Trinajstić information content (AvgIpc) is 3.27. The van der Waals surface area contributed by atoms with Gasteiger partial charge in [0.05, 0.1) is 17.3 Å². The molecule has 4 aromatic rings. The fourth-order valence-electron chi connectivity index (χ4n) is 2.28. The van der Waals surface area contributed by atoms with E-state index in [0.29, 0.717) is 17.3 Å². The number of carbonyl (C=O) groups is 1. The Morgan fingerprint density at radius 3 is 3.09 bits per heavy atom. The molecule has 0 spiro atoms. The Balaban J connectivity index is 1.55. The molecule has 0 fully saturated rings. The normalized spacial score (nSPS) is 11.0. The molecule has 0 bridgehead atoms. The molecule has 2 N–H and O–H groups in total. The number of nitrogens with one attached hydrogen (secondary N) is 2. The van der Waals surface area contributed by atoms with Gasteiger partial charge >= 0.3 is 0 Å². The highest BCUT2D eigenvalue weighted by Gasteiger charge is 2.09. The van der Waals surface area contributed by atoms with Crippen LogP contribution >= 0.6 is 0 Å². The van der Waals surface area contributed by atoms with Gasteiger partial charge in [-0.1, -0.05) is 0 Å². The highest BCUT2D eigenvalue weighted by atomic mass is 16.3. The largest absolute Gasteiger partial charge is 0.461 e. The van der Waals surface area contributed by atoms with Crippen molar-refractivity contribution in [3.8, 4) is 11.6 Å². The first-order valence-electron chi connectivity index (χ1n) is 6.94. The maximum absolute atomic E-state index is 12.0. The van der Waals surface area contributed by atoms with Gasteiger partial charge in [0.1, 0.15) is 19.2 Å². The second-order valence-electron chi connectivity index (χ2n) is 4.94. The highest BCUT2D eigenvalue weighted by molar-refractivity contribution is 5.93. The minimum absolute atomic E-state index is 0.110. The van der Waals surface area contributed by atoms with Gasteiger partial charge in [0.2, 0.25) is 5.91 Å². The van der Waals surface area contributed by atoms with Crippen molar-refractivity contribution in [1.29, 1.82) is 0 Å². The van der Waals surface area contributed by atoms with Crippen molar-refractivity contribution in [1.82, 2.24) is 24.7 Å². The van der Waals surface area contributed by atoms with Crippen molar-refractivity contribution < 1.29 is 9.21 Å². The SMILES string of the molecule is O=C(Cn1cncn1)Nc1ccc2nc(-c3ccco3)[nH]c2c1. The van der Waals surface area contributed by atoms with Crippen molar-refractivity contribution in [3.63, 3.8) is 0 Å². The standard InChI is InChI=1S/C15H12N6O2/c22-14(7-21-9-16-8-17-21)18-10-3-4-11-12(6-10)20-15(19-11)13-2-1-5-23-13/h1-6,8-9H,7H2,(H,18,22)(H,19,20). The number of furan rings is 1. The van der Waals surface area contributed by atoms with Crippen LogP contribution in [-0.4, -0.2) is 30.6 Å². The molecule has 8 heteroatoms. The van der Waals surface area contributed by atoms with E-state index in [1.807, 2.05) is 18.2 Å². The lowest BCUT2D eigenvalue weighted by atomic mass is 10.3. The lowest BCUT2D eigenvalue weighted by Crippen LogP contribution is -2.18. The maximum atomic E-state index is 12.0. The number of hydrogen-bond acceptors (Lipinski definition) is 5. The topological polar surface area (TPSA) is 102 Å². The molecule has 3 aromatic heterocycles. The van der Waals surface area contributed by atoms with Gasteiger partial charge in [0, 0.05) is 5.69 Å². The van der Waals surface area contributed by atoms with Crippen LogP contribution in [-0.2, 0) is 11.3 Å². The third-order valence-corrected chi connectivity index (χ3v) is 3.29. The lowest BCUT2D eigenvalue weighted by molar-refractivity contribution is -0.116. The summed E-state index contributed by atoms with van der Waals surface area (Å²) < 4.78 is 6.78. The predicted octanol–water partition coefficient (Wildman–Crippen LogP) is 2.05. The van der Waals surface area contributed by atoms with Crippen molar-refractivity contribution in [3.05, 3.63) is 49.2 Å². The summed E-state index contributed by atoms with van der Waals surface area (Å²) in [6.45, 7) is 0.110. The summed E-state index contributed by atoms with van der Waals surface area (Å²) in [6, 6.07) is 9.10. The van der Waals surface area contributed by atoms with E-state index in [-0.39, 0.29) is 12.5 Å². The molecule has 114 valence electrons. The van der Waals surface area contributed by atoms with Gasteiger partial charge in [0.15, 0.2) is 11.6 Å². The Kier molecular flexibility index (Phi) is 3.12. The van der Waals surface area contributed by atoms with Gasteiger partial charge in [-0.25, -0.2) is 14.6 Å². The van der Waals surface area contributed by atoms with Gasteiger partial charge in [0.25, 0.3) is 0 Å². The molecule has 4 rings (SSSR count). The van der Waals surface area contributed by atoms with E-state index in [4.69, 9.17) is 4.42 Å². The molecule has 0 aliphatic heterocycles. The molecule has 1 amide bonds.